The van der Waals surface area contributed by atoms with Crippen LogP contribution in [0.1, 0.15) is 37.5 Å². The molecule has 0 heterocycles. The first-order valence-electron chi connectivity index (χ1n) is 14.8. The summed E-state index contributed by atoms with van der Waals surface area (Å²) in [6.07, 6.45) is 0.247. The molecule has 0 fully saturated rings. The molecule has 236 valence electrons. The number of rotatable bonds is 12. The number of ether oxygens (including phenoxy) is 1. The quantitative estimate of drug-likeness (QED) is 0.216. The van der Waals surface area contributed by atoms with Crippen LogP contribution >= 0.6 is 0 Å². The molecule has 0 spiro atoms. The van der Waals surface area contributed by atoms with Crippen LogP contribution in [-0.4, -0.2) is 50.4 Å². The number of hydrogen-bond acceptors (Lipinski definition) is 5. The van der Waals surface area contributed by atoms with E-state index in [2.05, 4.69) is 5.32 Å². The normalized spacial score (nSPS) is 12.2. The number of carbonyl (C=O) groups is 2. The zero-order chi connectivity index (χ0) is 32.6. The van der Waals surface area contributed by atoms with Crippen LogP contribution in [0.5, 0.6) is 5.75 Å². The summed E-state index contributed by atoms with van der Waals surface area (Å²) in [6.45, 7) is 7.15. The first-order valence-corrected chi connectivity index (χ1v) is 16.2. The highest BCUT2D eigenvalue weighted by molar-refractivity contribution is 7.92. The van der Waals surface area contributed by atoms with Gasteiger partial charge in [0.25, 0.3) is 10.0 Å². The Hall–Kier alpha value is -4.63. The summed E-state index contributed by atoms with van der Waals surface area (Å²) in [4.78, 5) is 29.9. The van der Waals surface area contributed by atoms with Gasteiger partial charge in [-0.2, -0.15) is 0 Å². The first-order chi connectivity index (χ1) is 21.4. The van der Waals surface area contributed by atoms with Crippen molar-refractivity contribution in [2.45, 2.75) is 57.1 Å². The topological polar surface area (TPSA) is 96.0 Å². The highest BCUT2D eigenvalue weighted by Gasteiger charge is 2.35. The molecule has 0 bridgehead atoms. The lowest BCUT2D eigenvalue weighted by atomic mass is 10.0. The number of anilines is 1. The number of benzene rings is 4. The Morgan fingerprint density at radius 3 is 1.89 bits per heavy atom. The number of sulfonamides is 1. The number of aryl methyl sites for hydroxylation is 1. The molecule has 0 radical (unpaired) electrons. The maximum Gasteiger partial charge on any atom is 0.264 e. The first kappa shape index (κ1) is 33.3. The maximum atomic E-state index is 14.5. The molecule has 0 aromatic heterocycles. The van der Waals surface area contributed by atoms with Crippen LogP contribution in [0.15, 0.2) is 114 Å². The van der Waals surface area contributed by atoms with E-state index in [0.717, 1.165) is 21.0 Å². The van der Waals surface area contributed by atoms with Crippen LogP contribution in [0.2, 0.25) is 0 Å². The largest absolute Gasteiger partial charge is 0.497 e. The highest BCUT2D eigenvalue weighted by atomic mass is 32.2. The number of nitrogens with one attached hydrogen (secondary N) is 1. The highest BCUT2D eigenvalue weighted by Crippen LogP contribution is 2.27. The van der Waals surface area contributed by atoms with Gasteiger partial charge in [0, 0.05) is 18.5 Å². The smallest absolute Gasteiger partial charge is 0.264 e. The van der Waals surface area contributed by atoms with E-state index in [1.54, 1.807) is 36.4 Å². The molecule has 8 nitrogen and oxygen atoms in total. The molecule has 0 aliphatic heterocycles. The Balaban J connectivity index is 1.80. The third kappa shape index (κ3) is 8.95. The molecular formula is C36H41N3O5S. The Morgan fingerprint density at radius 1 is 0.800 bits per heavy atom. The van der Waals surface area contributed by atoms with Gasteiger partial charge < -0.3 is 15.0 Å². The Bertz CT molecular complexity index is 1670. The number of nitrogens with zero attached hydrogens (tertiary/aromatic N) is 2. The second kappa shape index (κ2) is 14.4. The summed E-state index contributed by atoms with van der Waals surface area (Å²) in [6, 6.07) is 31.0. The molecule has 4 rings (SSSR count). The molecule has 2 amide bonds. The summed E-state index contributed by atoms with van der Waals surface area (Å²) < 4.78 is 34.6. The molecule has 1 N–H and O–H groups in total. The van der Waals surface area contributed by atoms with E-state index in [-0.39, 0.29) is 23.8 Å². The van der Waals surface area contributed by atoms with Gasteiger partial charge in [-0.25, -0.2) is 8.42 Å². The van der Waals surface area contributed by atoms with Crippen LogP contribution in [0.3, 0.4) is 0 Å². The molecule has 45 heavy (non-hydrogen) atoms. The Morgan fingerprint density at radius 2 is 1.36 bits per heavy atom. The second-order valence-electron chi connectivity index (χ2n) is 12.0. The molecule has 0 saturated carbocycles. The predicted molar refractivity (Wildman–Crippen MR) is 178 cm³/mol. The van der Waals surface area contributed by atoms with Gasteiger partial charge in [0.2, 0.25) is 11.8 Å². The molecule has 0 aliphatic rings. The van der Waals surface area contributed by atoms with Crippen LogP contribution in [0.4, 0.5) is 5.69 Å². The minimum absolute atomic E-state index is 0.0117. The average molecular weight is 628 g/mol. The van der Waals surface area contributed by atoms with Gasteiger partial charge in [0.1, 0.15) is 18.3 Å². The van der Waals surface area contributed by atoms with E-state index < -0.39 is 34.1 Å². The van der Waals surface area contributed by atoms with E-state index in [0.29, 0.717) is 11.4 Å². The molecule has 0 saturated heterocycles. The Labute approximate surface area is 266 Å². The van der Waals surface area contributed by atoms with E-state index >= 15 is 0 Å². The SMILES string of the molecule is COc1ccc(S(=O)(=O)N(CC(=O)N(Cc2ccccc2)C(Cc2ccccc2)C(=O)NC(C)(C)C)c2ccc(C)cc2)cc1. The molecule has 1 atom stereocenters. The summed E-state index contributed by atoms with van der Waals surface area (Å²) in [5, 5.41) is 3.04. The average Bonchev–Trinajstić information content (AvgIpc) is 3.02. The fraction of sp³-hybridized carbons (Fsp3) is 0.278. The van der Waals surface area contributed by atoms with Crippen LogP contribution < -0.4 is 14.4 Å². The van der Waals surface area contributed by atoms with Crippen molar-refractivity contribution >= 4 is 27.5 Å². The lowest BCUT2D eigenvalue weighted by Gasteiger charge is -2.35. The van der Waals surface area contributed by atoms with Crippen LogP contribution in [-0.2, 0) is 32.6 Å². The van der Waals surface area contributed by atoms with Crippen molar-refractivity contribution in [2.75, 3.05) is 18.0 Å². The summed E-state index contributed by atoms with van der Waals surface area (Å²) in [5.41, 5.74) is 2.41. The van der Waals surface area contributed by atoms with Gasteiger partial charge in [-0.3, -0.25) is 13.9 Å². The maximum absolute atomic E-state index is 14.5. The third-order valence-corrected chi connectivity index (χ3v) is 9.00. The lowest BCUT2D eigenvalue weighted by Crippen LogP contribution is -2.56. The number of amides is 2. The minimum atomic E-state index is -4.20. The molecule has 4 aromatic rings. The van der Waals surface area contributed by atoms with Crippen molar-refractivity contribution in [3.8, 4) is 5.75 Å². The van der Waals surface area contributed by atoms with Gasteiger partial charge >= 0.3 is 0 Å². The third-order valence-electron chi connectivity index (χ3n) is 7.21. The van der Waals surface area contributed by atoms with E-state index in [1.165, 1.54) is 24.1 Å². The summed E-state index contributed by atoms with van der Waals surface area (Å²) >= 11 is 0. The van der Waals surface area contributed by atoms with E-state index in [1.807, 2.05) is 88.4 Å². The van der Waals surface area contributed by atoms with Gasteiger partial charge in [0.05, 0.1) is 17.7 Å². The van der Waals surface area contributed by atoms with E-state index in [9.17, 15) is 18.0 Å². The van der Waals surface area contributed by atoms with E-state index in [4.69, 9.17) is 4.74 Å². The van der Waals surface area contributed by atoms with Crippen LogP contribution in [0, 0.1) is 6.92 Å². The van der Waals surface area contributed by atoms with Crippen LogP contribution in [0.25, 0.3) is 0 Å². The van der Waals surface area contributed by atoms with Gasteiger partial charge in [-0.05, 0) is 75.2 Å². The standard InChI is InChI=1S/C36H41N3O5S/c1-27-16-18-30(19-17-27)39(45(42,43)32-22-20-31(44-5)21-23-32)26-34(40)38(25-29-14-10-7-11-15-29)33(35(41)37-36(2,3)4)24-28-12-8-6-9-13-28/h6-23,33H,24-26H2,1-5H3,(H,37,41). The number of carbonyl (C=O) groups excluding carboxylic acids is 2. The summed E-state index contributed by atoms with van der Waals surface area (Å²) in [7, 11) is -2.69. The zero-order valence-corrected chi connectivity index (χ0v) is 27.3. The molecule has 9 heteroatoms. The van der Waals surface area contributed by atoms with Gasteiger partial charge in [0.15, 0.2) is 0 Å². The molecule has 4 aromatic carbocycles. The van der Waals surface area contributed by atoms with Crippen molar-refractivity contribution in [3.63, 3.8) is 0 Å². The van der Waals surface area contributed by atoms with Gasteiger partial charge in [-0.1, -0.05) is 78.4 Å². The zero-order valence-electron chi connectivity index (χ0n) is 26.4. The second-order valence-corrected chi connectivity index (χ2v) is 13.8. The lowest BCUT2D eigenvalue weighted by molar-refractivity contribution is -0.140. The Kier molecular flexibility index (Phi) is 10.7. The summed E-state index contributed by atoms with van der Waals surface area (Å²) in [5.74, 6) is -0.327. The molecule has 1 unspecified atom stereocenters. The fourth-order valence-corrected chi connectivity index (χ4v) is 6.32. The van der Waals surface area contributed by atoms with Gasteiger partial charge in [-0.15, -0.1) is 0 Å². The van der Waals surface area contributed by atoms with Crippen molar-refractivity contribution in [1.29, 1.82) is 0 Å². The van der Waals surface area contributed by atoms with Crippen molar-refractivity contribution in [1.82, 2.24) is 10.2 Å². The van der Waals surface area contributed by atoms with Crippen molar-refractivity contribution in [3.05, 3.63) is 126 Å². The minimum Gasteiger partial charge on any atom is -0.497 e. The van der Waals surface area contributed by atoms with Crippen molar-refractivity contribution in [2.24, 2.45) is 0 Å². The number of methoxy groups -OCH3 is 1. The predicted octanol–water partition coefficient (Wildman–Crippen LogP) is 5.75. The monoisotopic (exact) mass is 627 g/mol. The fourth-order valence-electron chi connectivity index (χ4n) is 4.90. The number of hydrogen-bond donors (Lipinski definition) is 1. The van der Waals surface area contributed by atoms with Crippen molar-refractivity contribution < 1.29 is 22.7 Å². The molecule has 0 aliphatic carbocycles. The molecular weight excluding hydrogens is 586 g/mol.